The summed E-state index contributed by atoms with van der Waals surface area (Å²) in [5.41, 5.74) is 1.17. The van der Waals surface area contributed by atoms with Crippen molar-refractivity contribution in [2.24, 2.45) is 11.8 Å². The molecule has 1 fully saturated rings. The molecule has 0 aliphatic heterocycles. The summed E-state index contributed by atoms with van der Waals surface area (Å²) < 4.78 is 39.2. The summed E-state index contributed by atoms with van der Waals surface area (Å²) in [4.78, 5) is 26.9. The van der Waals surface area contributed by atoms with Gasteiger partial charge in [0, 0.05) is 18.8 Å². The Hall–Kier alpha value is -3.83. The molecule has 0 radical (unpaired) electrons. The minimum absolute atomic E-state index is 0.0276. The average Bonchev–Trinajstić information content (AvgIpc) is 3.22. The first kappa shape index (κ1) is 31.7. The van der Waals surface area contributed by atoms with E-state index in [0.29, 0.717) is 36.1 Å². The van der Waals surface area contributed by atoms with Gasteiger partial charge in [0.15, 0.2) is 6.61 Å². The van der Waals surface area contributed by atoms with Crippen molar-refractivity contribution in [3.63, 3.8) is 0 Å². The lowest BCUT2D eigenvalue weighted by Gasteiger charge is -2.20. The number of hydrogen-bond donors (Lipinski definition) is 2. The van der Waals surface area contributed by atoms with Crippen molar-refractivity contribution < 1.29 is 43.2 Å². The van der Waals surface area contributed by atoms with Gasteiger partial charge >= 0.3 is 5.97 Å². The molecule has 9 nitrogen and oxygen atoms in total. The number of benzene rings is 2. The third-order valence-corrected chi connectivity index (χ3v) is 6.81. The number of carbonyl (C=O) groups is 1. The molecule has 2 aromatic carbocycles. The summed E-state index contributed by atoms with van der Waals surface area (Å²) >= 11 is 0. The molecular weight excluding hydrogens is 540 g/mol. The van der Waals surface area contributed by atoms with E-state index in [1.54, 1.807) is 54.6 Å². The van der Waals surface area contributed by atoms with Crippen LogP contribution in [0.15, 0.2) is 78.9 Å². The zero-order valence-corrected chi connectivity index (χ0v) is 22.5. The van der Waals surface area contributed by atoms with Gasteiger partial charge in [0.05, 0.1) is 12.2 Å². The summed E-state index contributed by atoms with van der Waals surface area (Å²) in [5.74, 6) is -4.39. The topological polar surface area (TPSA) is 128 Å². The second kappa shape index (κ2) is 15.8. The van der Waals surface area contributed by atoms with Crippen LogP contribution in [0.1, 0.15) is 43.2 Å². The van der Waals surface area contributed by atoms with Crippen molar-refractivity contribution in [2.75, 3.05) is 6.61 Å². The van der Waals surface area contributed by atoms with E-state index < -0.39 is 47.6 Å². The highest BCUT2D eigenvalue weighted by Crippen LogP contribution is 2.37. The molecule has 1 saturated carbocycles. The number of rotatable bonds is 16. The molecule has 0 saturated heterocycles. The quantitative estimate of drug-likeness (QED) is 0.0921. The summed E-state index contributed by atoms with van der Waals surface area (Å²) in [6, 6.07) is 15.1. The number of para-hydroxylation sites is 1. The number of aliphatic hydroxyl groups excluding tert-OH is 2. The van der Waals surface area contributed by atoms with Gasteiger partial charge in [-0.3, -0.25) is 4.79 Å². The molecule has 1 aliphatic carbocycles. The van der Waals surface area contributed by atoms with Crippen molar-refractivity contribution in [2.45, 2.75) is 63.4 Å². The molecule has 2 N–H and O–H groups in total. The Labute approximate surface area is 237 Å². The minimum Gasteiger partial charge on any atom is -0.487 e. The number of alkyl halides is 2. The highest BCUT2D eigenvalue weighted by atomic mass is 19.3. The van der Waals surface area contributed by atoms with Crippen molar-refractivity contribution in [1.29, 1.82) is 0 Å². The van der Waals surface area contributed by atoms with E-state index >= 15 is 0 Å². The molecule has 3 rings (SSSR count). The molecule has 11 heteroatoms. The van der Waals surface area contributed by atoms with Crippen LogP contribution in [0.4, 0.5) is 8.78 Å². The molecule has 0 spiro atoms. The first-order valence-corrected chi connectivity index (χ1v) is 13.4. The molecule has 0 unspecified atom stereocenters. The maximum atomic E-state index is 14.4. The van der Waals surface area contributed by atoms with Crippen LogP contribution in [0.25, 0.3) is 0 Å². The monoisotopic (exact) mass is 575 g/mol. The molecule has 2 aromatic rings. The maximum absolute atomic E-state index is 14.4. The second-order valence-electron chi connectivity index (χ2n) is 9.86. The van der Waals surface area contributed by atoms with E-state index in [0.717, 1.165) is 6.08 Å². The first-order valence-electron chi connectivity index (χ1n) is 13.4. The number of ether oxygens (including phenoxy) is 2. The van der Waals surface area contributed by atoms with Gasteiger partial charge in [0.25, 0.3) is 11.0 Å². The van der Waals surface area contributed by atoms with Crippen molar-refractivity contribution in [1.82, 2.24) is 0 Å². The summed E-state index contributed by atoms with van der Waals surface area (Å²) in [7, 11) is 0. The molecule has 0 heterocycles. The van der Waals surface area contributed by atoms with Crippen molar-refractivity contribution in [3.05, 3.63) is 100 Å². The fourth-order valence-corrected chi connectivity index (χ4v) is 4.63. The van der Waals surface area contributed by atoms with Crippen molar-refractivity contribution in [3.8, 4) is 5.75 Å². The Balaban J connectivity index is 1.40. The lowest BCUT2D eigenvalue weighted by molar-refractivity contribution is -0.763. The number of nitrogens with zero attached hydrogens (tertiary/aromatic N) is 1. The van der Waals surface area contributed by atoms with Gasteiger partial charge in [-0.1, -0.05) is 60.7 Å². The van der Waals surface area contributed by atoms with E-state index in [1.165, 1.54) is 6.08 Å². The third-order valence-electron chi connectivity index (χ3n) is 6.81. The summed E-state index contributed by atoms with van der Waals surface area (Å²) in [6.45, 7) is -1.10. The maximum Gasteiger partial charge on any atom is 0.306 e. The predicted molar refractivity (Wildman–Crippen MR) is 145 cm³/mol. The Morgan fingerprint density at radius 3 is 2.41 bits per heavy atom. The van der Waals surface area contributed by atoms with E-state index in [-0.39, 0.29) is 26.1 Å². The second-order valence-corrected chi connectivity index (χ2v) is 9.86. The lowest BCUT2D eigenvalue weighted by Crippen LogP contribution is -2.25. The van der Waals surface area contributed by atoms with E-state index in [9.17, 15) is 33.9 Å². The molecular formula is C30H35F2NO8. The molecule has 1 aliphatic rings. The van der Waals surface area contributed by atoms with Crippen LogP contribution in [0, 0.1) is 22.0 Å². The first-order chi connectivity index (χ1) is 19.6. The minimum atomic E-state index is -3.25. The van der Waals surface area contributed by atoms with Crippen molar-refractivity contribution >= 4 is 5.97 Å². The Morgan fingerprint density at radius 2 is 1.71 bits per heavy atom. The van der Waals surface area contributed by atoms with Crippen LogP contribution in [0.2, 0.25) is 0 Å². The van der Waals surface area contributed by atoms with Gasteiger partial charge in [-0.05, 0) is 54.5 Å². The Morgan fingerprint density at radius 1 is 1.02 bits per heavy atom. The average molecular weight is 576 g/mol. The zero-order chi connectivity index (χ0) is 29.7. The van der Waals surface area contributed by atoms with Gasteiger partial charge in [-0.15, -0.1) is 10.1 Å². The fraction of sp³-hybridized carbons (Fsp3) is 0.433. The van der Waals surface area contributed by atoms with Gasteiger partial charge in [0.2, 0.25) is 0 Å². The van der Waals surface area contributed by atoms with E-state index in [4.69, 9.17) is 9.47 Å². The summed E-state index contributed by atoms with van der Waals surface area (Å²) in [5, 5.41) is 30.3. The number of hydrogen-bond acceptors (Lipinski definition) is 8. The molecule has 4 atom stereocenters. The molecule has 0 aromatic heterocycles. The van der Waals surface area contributed by atoms with Crippen LogP contribution in [0.3, 0.4) is 0 Å². The number of unbranched alkanes of at least 4 members (excludes halogenated alkanes) is 1. The van der Waals surface area contributed by atoms with Crippen LogP contribution < -0.4 is 4.74 Å². The van der Waals surface area contributed by atoms with Gasteiger partial charge in [-0.2, -0.15) is 8.78 Å². The van der Waals surface area contributed by atoms with Crippen LogP contribution >= 0.6 is 0 Å². The lowest BCUT2D eigenvalue weighted by atomic mass is 9.89. The normalized spacial score (nSPS) is 20.9. The zero-order valence-electron chi connectivity index (χ0n) is 22.5. The largest absolute Gasteiger partial charge is 0.487 e. The molecule has 0 amide bonds. The SMILES string of the molecule is O=C(CCC/C=C\C[C@@H]1[C@@H](/C=C/C(F)(F)COc2ccccc2)[C@H](O)C[C@@H]1O)OCc1ccccc1CO[N+](=O)[O-]. The van der Waals surface area contributed by atoms with Gasteiger partial charge in [0.1, 0.15) is 19.0 Å². The fourth-order valence-electron chi connectivity index (χ4n) is 4.63. The van der Waals surface area contributed by atoms with Gasteiger partial charge < -0.3 is 24.5 Å². The molecule has 41 heavy (non-hydrogen) atoms. The number of esters is 1. The van der Waals surface area contributed by atoms with E-state index in [1.807, 2.05) is 12.2 Å². The Kier molecular flexibility index (Phi) is 12.2. The van der Waals surface area contributed by atoms with Crippen LogP contribution in [0.5, 0.6) is 5.75 Å². The third kappa shape index (κ3) is 10.9. The predicted octanol–water partition coefficient (Wildman–Crippen LogP) is 5.18. The molecule has 0 bridgehead atoms. The van der Waals surface area contributed by atoms with Gasteiger partial charge in [-0.25, -0.2) is 0 Å². The van der Waals surface area contributed by atoms with Crippen LogP contribution in [-0.4, -0.2) is 46.0 Å². The van der Waals surface area contributed by atoms with E-state index in [2.05, 4.69) is 4.84 Å². The standard InChI is InChI=1S/C30H35F2NO8/c31-30(32,21-40-24-12-4-3-5-13-24)17-16-26-25(27(34)18-28(26)35)14-6-1-2-7-15-29(36)39-19-22-10-8-9-11-23(22)20-41-33(37)38/h1,3-6,8-13,16-17,25-28,34-35H,2,7,14-15,18-21H2/b6-1-,17-16+/t25-,26-,27+,28-/m1/s1. The summed E-state index contributed by atoms with van der Waals surface area (Å²) in [6.07, 6.45) is 5.62. The number of carbonyl (C=O) groups excluding carboxylic acids is 1. The number of aliphatic hydroxyl groups is 2. The smallest absolute Gasteiger partial charge is 0.306 e. The Bertz CT molecular complexity index is 1170. The highest BCUT2D eigenvalue weighted by molar-refractivity contribution is 5.69. The highest BCUT2D eigenvalue weighted by Gasteiger charge is 2.40. The van der Waals surface area contributed by atoms with Crippen LogP contribution in [-0.2, 0) is 27.6 Å². The molecule has 222 valence electrons. The number of allylic oxidation sites excluding steroid dienone is 2. The number of halogens is 2.